The molecule has 0 atom stereocenters. The minimum atomic E-state index is -0.297. The van der Waals surface area contributed by atoms with Crippen molar-refractivity contribution in [2.45, 2.75) is 20.4 Å². The Labute approximate surface area is 121 Å². The van der Waals surface area contributed by atoms with Crippen molar-refractivity contribution < 1.29 is 9.18 Å². The van der Waals surface area contributed by atoms with Gasteiger partial charge in [0, 0.05) is 23.8 Å². The van der Waals surface area contributed by atoms with Crippen LogP contribution in [0.15, 0.2) is 30.5 Å². The molecular formula is C16H16FN3O. The maximum atomic E-state index is 13.8. The fourth-order valence-electron chi connectivity index (χ4n) is 2.47. The highest BCUT2D eigenvalue weighted by Gasteiger charge is 2.12. The monoisotopic (exact) mass is 285 g/mol. The molecule has 0 aliphatic heterocycles. The molecule has 3 N–H and O–H groups in total. The van der Waals surface area contributed by atoms with Gasteiger partial charge in [0.2, 0.25) is 0 Å². The fraction of sp³-hybridized carbons (Fsp3) is 0.188. The molecule has 0 aliphatic rings. The minimum absolute atomic E-state index is 0.211. The molecule has 4 nitrogen and oxygen atoms in total. The van der Waals surface area contributed by atoms with Crippen molar-refractivity contribution in [2.75, 3.05) is 0 Å². The number of H-pyrrole nitrogens is 2. The number of aromatic amines is 2. The minimum Gasteiger partial charge on any atom is -0.358 e. The molecule has 3 rings (SSSR count). The van der Waals surface area contributed by atoms with E-state index in [9.17, 15) is 9.18 Å². The molecule has 0 radical (unpaired) electrons. The molecule has 0 spiro atoms. The number of carbonyl (C=O) groups excluding carboxylic acids is 1. The summed E-state index contributed by atoms with van der Waals surface area (Å²) in [6.07, 6.45) is 1.69. The molecule has 1 aromatic carbocycles. The third-order valence-electron chi connectivity index (χ3n) is 3.75. The van der Waals surface area contributed by atoms with Gasteiger partial charge < -0.3 is 15.3 Å². The van der Waals surface area contributed by atoms with Gasteiger partial charge in [-0.1, -0.05) is 0 Å². The topological polar surface area (TPSA) is 60.7 Å². The first-order valence-corrected chi connectivity index (χ1v) is 6.75. The summed E-state index contributed by atoms with van der Waals surface area (Å²) in [7, 11) is 0. The quantitative estimate of drug-likeness (QED) is 0.680. The Morgan fingerprint density at radius 1 is 1.33 bits per heavy atom. The summed E-state index contributed by atoms with van der Waals surface area (Å²) in [6.45, 7) is 4.18. The van der Waals surface area contributed by atoms with Gasteiger partial charge in [0.1, 0.15) is 11.5 Å². The lowest BCUT2D eigenvalue weighted by atomic mass is 10.1. The van der Waals surface area contributed by atoms with Crippen LogP contribution in [0.25, 0.3) is 10.9 Å². The zero-order valence-corrected chi connectivity index (χ0v) is 11.9. The van der Waals surface area contributed by atoms with E-state index in [1.807, 2.05) is 13.8 Å². The number of benzene rings is 1. The molecule has 2 aromatic heterocycles. The Bertz CT molecular complexity index is 803. The van der Waals surface area contributed by atoms with E-state index in [0.29, 0.717) is 5.69 Å². The number of amides is 1. The van der Waals surface area contributed by atoms with E-state index >= 15 is 0 Å². The van der Waals surface area contributed by atoms with Crippen LogP contribution in [0.3, 0.4) is 0 Å². The zero-order chi connectivity index (χ0) is 15.0. The first-order valence-electron chi connectivity index (χ1n) is 6.75. The van der Waals surface area contributed by atoms with Gasteiger partial charge in [-0.25, -0.2) is 4.39 Å². The number of carbonyl (C=O) groups is 1. The average molecular weight is 285 g/mol. The van der Waals surface area contributed by atoms with Crippen LogP contribution in [0, 0.1) is 19.7 Å². The lowest BCUT2D eigenvalue weighted by Gasteiger charge is -2.06. The molecule has 0 fully saturated rings. The molecule has 0 unspecified atom stereocenters. The Balaban J connectivity index is 1.90. The van der Waals surface area contributed by atoms with E-state index in [1.54, 1.807) is 18.3 Å². The van der Waals surface area contributed by atoms with Crippen LogP contribution in [-0.4, -0.2) is 15.9 Å². The van der Waals surface area contributed by atoms with Gasteiger partial charge >= 0.3 is 0 Å². The highest BCUT2D eigenvalue weighted by molar-refractivity contribution is 5.93. The molecule has 0 saturated carbocycles. The van der Waals surface area contributed by atoms with Gasteiger partial charge in [-0.15, -0.1) is 0 Å². The first-order chi connectivity index (χ1) is 10.1. The van der Waals surface area contributed by atoms with Crippen LogP contribution >= 0.6 is 0 Å². The molecule has 21 heavy (non-hydrogen) atoms. The molecule has 2 heterocycles. The van der Waals surface area contributed by atoms with Crippen molar-refractivity contribution >= 4 is 16.8 Å². The second-order valence-electron chi connectivity index (χ2n) is 5.13. The van der Waals surface area contributed by atoms with Gasteiger partial charge in [0.15, 0.2) is 0 Å². The molecule has 0 aliphatic carbocycles. The van der Waals surface area contributed by atoms with Crippen molar-refractivity contribution in [1.29, 1.82) is 0 Å². The maximum absolute atomic E-state index is 13.8. The number of halogens is 1. The fourth-order valence-corrected chi connectivity index (χ4v) is 2.47. The third kappa shape index (κ3) is 2.42. The van der Waals surface area contributed by atoms with Crippen LogP contribution in [0.2, 0.25) is 0 Å². The van der Waals surface area contributed by atoms with E-state index in [-0.39, 0.29) is 18.3 Å². The van der Waals surface area contributed by atoms with E-state index in [1.165, 1.54) is 12.1 Å². The van der Waals surface area contributed by atoms with Crippen LogP contribution in [0.5, 0.6) is 0 Å². The summed E-state index contributed by atoms with van der Waals surface area (Å²) in [5.74, 6) is -0.508. The second kappa shape index (κ2) is 5.09. The third-order valence-corrected chi connectivity index (χ3v) is 3.75. The average Bonchev–Trinajstić information content (AvgIpc) is 3.07. The van der Waals surface area contributed by atoms with Crippen molar-refractivity contribution in [3.05, 3.63) is 58.8 Å². The summed E-state index contributed by atoms with van der Waals surface area (Å²) >= 11 is 0. The Kier molecular flexibility index (Phi) is 3.25. The smallest absolute Gasteiger partial charge is 0.267 e. The number of aromatic nitrogens is 2. The van der Waals surface area contributed by atoms with E-state index in [0.717, 1.165) is 27.7 Å². The van der Waals surface area contributed by atoms with Gasteiger partial charge in [-0.3, -0.25) is 4.79 Å². The predicted molar refractivity (Wildman–Crippen MR) is 79.7 cm³/mol. The number of rotatable bonds is 3. The number of aryl methyl sites for hydroxylation is 2. The van der Waals surface area contributed by atoms with Gasteiger partial charge in [0.25, 0.3) is 5.91 Å². The molecule has 3 aromatic rings. The molecule has 5 heteroatoms. The van der Waals surface area contributed by atoms with Gasteiger partial charge in [-0.05, 0) is 49.2 Å². The molecule has 0 bridgehead atoms. The number of nitrogens with one attached hydrogen (secondary N) is 3. The van der Waals surface area contributed by atoms with Gasteiger partial charge in [0.05, 0.1) is 5.52 Å². The van der Waals surface area contributed by atoms with Crippen LogP contribution in [0.1, 0.15) is 27.3 Å². The van der Waals surface area contributed by atoms with Crippen molar-refractivity contribution in [3.63, 3.8) is 0 Å². The lowest BCUT2D eigenvalue weighted by molar-refractivity contribution is 0.0946. The Hall–Kier alpha value is -2.56. The Morgan fingerprint density at radius 2 is 2.14 bits per heavy atom. The number of hydrogen-bond acceptors (Lipinski definition) is 1. The normalized spacial score (nSPS) is 11.0. The summed E-state index contributed by atoms with van der Waals surface area (Å²) in [6, 6.07) is 6.42. The highest BCUT2D eigenvalue weighted by Crippen LogP contribution is 2.25. The SMILES string of the molecule is Cc1[nH]c2c(CNC(=O)c3ccc[nH]3)cc(F)cc2c1C. The Morgan fingerprint density at radius 3 is 2.86 bits per heavy atom. The van der Waals surface area contributed by atoms with Crippen LogP contribution < -0.4 is 5.32 Å². The van der Waals surface area contributed by atoms with E-state index < -0.39 is 0 Å². The summed E-state index contributed by atoms with van der Waals surface area (Å²) in [4.78, 5) is 18.0. The zero-order valence-electron chi connectivity index (χ0n) is 11.9. The highest BCUT2D eigenvalue weighted by atomic mass is 19.1. The van der Waals surface area contributed by atoms with E-state index in [4.69, 9.17) is 0 Å². The molecular weight excluding hydrogens is 269 g/mol. The standard InChI is InChI=1S/C16H16FN3O/c1-9-10(2)20-15-11(6-12(17)7-13(9)15)8-19-16(21)14-4-3-5-18-14/h3-7,18,20H,8H2,1-2H3,(H,19,21). The summed E-state index contributed by atoms with van der Waals surface area (Å²) in [5, 5.41) is 3.65. The first kappa shape index (κ1) is 13.4. The van der Waals surface area contributed by atoms with Crippen molar-refractivity contribution in [1.82, 2.24) is 15.3 Å². The van der Waals surface area contributed by atoms with Crippen molar-refractivity contribution in [3.8, 4) is 0 Å². The summed E-state index contributed by atoms with van der Waals surface area (Å²) < 4.78 is 13.8. The van der Waals surface area contributed by atoms with E-state index in [2.05, 4.69) is 15.3 Å². The van der Waals surface area contributed by atoms with Crippen molar-refractivity contribution in [2.24, 2.45) is 0 Å². The maximum Gasteiger partial charge on any atom is 0.267 e. The molecule has 1 amide bonds. The number of fused-ring (bicyclic) bond motifs is 1. The largest absolute Gasteiger partial charge is 0.358 e. The lowest BCUT2D eigenvalue weighted by Crippen LogP contribution is -2.23. The second-order valence-corrected chi connectivity index (χ2v) is 5.13. The van der Waals surface area contributed by atoms with Gasteiger partial charge in [-0.2, -0.15) is 0 Å². The van der Waals surface area contributed by atoms with Crippen LogP contribution in [0.4, 0.5) is 4.39 Å². The summed E-state index contributed by atoms with van der Waals surface area (Å²) in [5.41, 5.74) is 4.13. The number of hydrogen-bond donors (Lipinski definition) is 3. The molecule has 108 valence electrons. The molecule has 0 saturated heterocycles. The van der Waals surface area contributed by atoms with Crippen LogP contribution in [-0.2, 0) is 6.54 Å². The predicted octanol–water partition coefficient (Wildman–Crippen LogP) is 3.18.